The third-order valence-corrected chi connectivity index (χ3v) is 5.05. The Balaban J connectivity index is 0.00000280. The number of ether oxygens (including phenoxy) is 1. The Morgan fingerprint density at radius 1 is 1.07 bits per heavy atom. The van der Waals surface area contributed by atoms with Crippen LogP contribution in [-0.4, -0.2) is 78.4 Å². The maximum Gasteiger partial charge on any atom is 0.312 e. The van der Waals surface area contributed by atoms with Gasteiger partial charge in [-0.3, -0.25) is 9.78 Å². The molecule has 9 heteroatoms. The number of hydrogen-bond donors (Lipinski definition) is 0. The number of pyridine rings is 1. The highest BCUT2D eigenvalue weighted by atomic mass is 35.5. The molecule has 2 aliphatic rings. The standard InChI is InChI=1S/C19H27N5O3.ClH/c1-27-19(26)15-18(16-25)24(22-9-3-2-4-10-22)23-13-11-21(12-14-23)17-5-7-20-8-6-17;/h5-8H,2-4,9-15H2,1H3;1H. The van der Waals surface area contributed by atoms with Crippen LogP contribution in [0.4, 0.5) is 5.69 Å². The predicted octanol–water partition coefficient (Wildman–Crippen LogP) is 1.52. The average molecular weight is 410 g/mol. The fraction of sp³-hybridized carbons (Fsp3) is 0.579. The molecule has 28 heavy (non-hydrogen) atoms. The zero-order chi connectivity index (χ0) is 19.1. The van der Waals surface area contributed by atoms with Crippen molar-refractivity contribution in [2.24, 2.45) is 0 Å². The van der Waals surface area contributed by atoms with Gasteiger partial charge in [0, 0.05) is 57.3 Å². The zero-order valence-electron chi connectivity index (χ0n) is 16.2. The van der Waals surface area contributed by atoms with Crippen LogP contribution < -0.4 is 4.90 Å². The lowest BCUT2D eigenvalue weighted by molar-refractivity contribution is -0.171. The van der Waals surface area contributed by atoms with E-state index < -0.39 is 5.97 Å². The molecule has 0 atom stereocenters. The lowest BCUT2D eigenvalue weighted by Gasteiger charge is -2.48. The summed E-state index contributed by atoms with van der Waals surface area (Å²) in [6, 6.07) is 4.01. The van der Waals surface area contributed by atoms with E-state index in [0.29, 0.717) is 5.70 Å². The predicted molar refractivity (Wildman–Crippen MR) is 108 cm³/mol. The van der Waals surface area contributed by atoms with E-state index in [4.69, 9.17) is 4.74 Å². The van der Waals surface area contributed by atoms with Crippen molar-refractivity contribution in [3.8, 4) is 0 Å². The smallest absolute Gasteiger partial charge is 0.312 e. The van der Waals surface area contributed by atoms with Gasteiger partial charge in [-0.05, 0) is 25.0 Å². The molecule has 3 rings (SSSR count). The summed E-state index contributed by atoms with van der Waals surface area (Å²) in [4.78, 5) is 29.9. The van der Waals surface area contributed by atoms with Crippen molar-refractivity contribution in [2.75, 3.05) is 51.3 Å². The van der Waals surface area contributed by atoms with Gasteiger partial charge in [0.15, 0.2) is 0 Å². The largest absolute Gasteiger partial charge is 0.469 e. The molecule has 8 nitrogen and oxygen atoms in total. The van der Waals surface area contributed by atoms with Crippen LogP contribution in [0.2, 0.25) is 0 Å². The highest BCUT2D eigenvalue weighted by molar-refractivity contribution is 5.85. The Kier molecular flexibility index (Phi) is 8.73. The first-order valence-corrected chi connectivity index (χ1v) is 9.48. The van der Waals surface area contributed by atoms with Crippen molar-refractivity contribution in [2.45, 2.75) is 25.7 Å². The second kappa shape index (κ2) is 11.0. The van der Waals surface area contributed by atoms with Gasteiger partial charge in [0.2, 0.25) is 0 Å². The summed E-state index contributed by atoms with van der Waals surface area (Å²) in [7, 11) is 1.34. The molecule has 2 saturated heterocycles. The molecule has 0 saturated carbocycles. The molecule has 0 aromatic carbocycles. The van der Waals surface area contributed by atoms with Crippen molar-refractivity contribution >= 4 is 30.0 Å². The summed E-state index contributed by atoms with van der Waals surface area (Å²) in [5.74, 6) is 1.57. The average Bonchev–Trinajstić information content (AvgIpc) is 2.75. The first-order valence-electron chi connectivity index (χ1n) is 9.48. The normalized spacial score (nSPS) is 18.0. The van der Waals surface area contributed by atoms with E-state index in [-0.39, 0.29) is 18.8 Å². The molecular formula is C19H28ClN5O3. The number of aromatic nitrogens is 1. The Labute approximate surface area is 172 Å². The number of hydrogen-bond acceptors (Lipinski definition) is 8. The highest BCUT2D eigenvalue weighted by Crippen LogP contribution is 2.22. The third-order valence-electron chi connectivity index (χ3n) is 5.05. The van der Waals surface area contributed by atoms with Crippen LogP contribution in [0.3, 0.4) is 0 Å². The number of carbonyl (C=O) groups excluding carboxylic acids is 2. The topological polar surface area (TPSA) is 69.2 Å². The number of piperazine rings is 1. The number of esters is 1. The summed E-state index contributed by atoms with van der Waals surface area (Å²) in [5, 5.41) is 6.20. The van der Waals surface area contributed by atoms with E-state index in [2.05, 4.69) is 19.9 Å². The lowest BCUT2D eigenvalue weighted by Crippen LogP contribution is -2.60. The van der Waals surface area contributed by atoms with Crippen LogP contribution in [0, 0.1) is 0 Å². The van der Waals surface area contributed by atoms with Gasteiger partial charge >= 0.3 is 5.97 Å². The van der Waals surface area contributed by atoms with E-state index >= 15 is 0 Å². The monoisotopic (exact) mass is 409 g/mol. The van der Waals surface area contributed by atoms with E-state index in [0.717, 1.165) is 57.8 Å². The van der Waals surface area contributed by atoms with Crippen molar-refractivity contribution in [3.63, 3.8) is 0 Å². The minimum atomic E-state index is -0.425. The molecule has 0 unspecified atom stereocenters. The van der Waals surface area contributed by atoms with Crippen molar-refractivity contribution in [1.29, 1.82) is 0 Å². The molecule has 1 aromatic rings. The van der Waals surface area contributed by atoms with Crippen LogP contribution in [0.5, 0.6) is 0 Å². The number of hydrazine groups is 2. The second-order valence-electron chi connectivity index (χ2n) is 6.75. The number of halogens is 1. The van der Waals surface area contributed by atoms with Gasteiger partial charge in [0.05, 0.1) is 13.5 Å². The number of anilines is 1. The maximum absolute atomic E-state index is 11.8. The summed E-state index contributed by atoms with van der Waals surface area (Å²) in [6.45, 7) is 4.92. The zero-order valence-corrected chi connectivity index (χ0v) is 17.1. The van der Waals surface area contributed by atoms with Gasteiger partial charge in [-0.25, -0.2) is 19.9 Å². The fourth-order valence-electron chi connectivity index (χ4n) is 3.64. The summed E-state index contributed by atoms with van der Waals surface area (Å²) in [5.41, 5.74) is 1.47. The van der Waals surface area contributed by atoms with Gasteiger partial charge in [0.25, 0.3) is 0 Å². The van der Waals surface area contributed by atoms with Gasteiger partial charge in [-0.15, -0.1) is 12.4 Å². The van der Waals surface area contributed by atoms with Crippen LogP contribution >= 0.6 is 12.4 Å². The van der Waals surface area contributed by atoms with Crippen molar-refractivity contribution < 1.29 is 14.3 Å². The number of nitrogens with zero attached hydrogens (tertiary/aromatic N) is 5. The van der Waals surface area contributed by atoms with Crippen LogP contribution in [0.1, 0.15) is 25.7 Å². The summed E-state index contributed by atoms with van der Waals surface area (Å²) < 4.78 is 4.77. The highest BCUT2D eigenvalue weighted by Gasteiger charge is 2.31. The molecule has 1 aromatic heterocycles. The molecule has 2 aliphatic heterocycles. The molecule has 0 bridgehead atoms. The van der Waals surface area contributed by atoms with Crippen molar-refractivity contribution in [1.82, 2.24) is 20.1 Å². The van der Waals surface area contributed by atoms with Gasteiger partial charge in [0.1, 0.15) is 11.6 Å². The van der Waals surface area contributed by atoms with E-state index in [1.165, 1.54) is 13.5 Å². The number of carbonyl (C=O) groups is 1. The Hall–Kier alpha value is -2.12. The molecule has 0 radical (unpaired) electrons. The Morgan fingerprint density at radius 3 is 2.25 bits per heavy atom. The molecule has 0 N–H and O–H groups in total. The lowest BCUT2D eigenvalue weighted by atomic mass is 10.1. The fourth-order valence-corrected chi connectivity index (χ4v) is 3.64. The Bertz CT molecular complexity index is 669. The quantitative estimate of drug-likeness (QED) is 0.517. The molecular weight excluding hydrogens is 382 g/mol. The first-order chi connectivity index (χ1) is 13.2. The second-order valence-corrected chi connectivity index (χ2v) is 6.75. The molecule has 2 fully saturated rings. The minimum Gasteiger partial charge on any atom is -0.469 e. The van der Waals surface area contributed by atoms with Crippen LogP contribution in [-0.2, 0) is 14.3 Å². The number of piperidine rings is 1. The molecule has 0 amide bonds. The maximum atomic E-state index is 11.8. The first kappa shape index (κ1) is 22.2. The van der Waals surface area contributed by atoms with Crippen LogP contribution in [0.25, 0.3) is 0 Å². The van der Waals surface area contributed by atoms with Gasteiger partial charge in [-0.1, -0.05) is 6.42 Å². The third kappa shape index (κ3) is 5.45. The van der Waals surface area contributed by atoms with Crippen LogP contribution in [0.15, 0.2) is 30.2 Å². The minimum absolute atomic E-state index is 0. The summed E-state index contributed by atoms with van der Waals surface area (Å²) in [6.07, 6.45) is 6.88. The SMILES string of the molecule is COC(=O)CC(=C=O)N(N1CCCCC1)N1CCN(c2ccncc2)CC1.Cl. The van der Waals surface area contributed by atoms with Gasteiger partial charge in [-0.2, -0.15) is 0 Å². The van der Waals surface area contributed by atoms with E-state index in [9.17, 15) is 9.59 Å². The number of rotatable bonds is 6. The van der Waals surface area contributed by atoms with E-state index in [1.54, 1.807) is 12.4 Å². The molecule has 0 spiro atoms. The molecule has 0 aliphatic carbocycles. The van der Waals surface area contributed by atoms with Crippen molar-refractivity contribution in [3.05, 3.63) is 30.2 Å². The van der Waals surface area contributed by atoms with E-state index in [1.807, 2.05) is 23.2 Å². The molecule has 154 valence electrons. The van der Waals surface area contributed by atoms with Gasteiger partial charge < -0.3 is 9.64 Å². The molecule has 3 heterocycles. The number of methoxy groups -OCH3 is 1. The Morgan fingerprint density at radius 2 is 1.68 bits per heavy atom. The summed E-state index contributed by atoms with van der Waals surface area (Å²) >= 11 is 0.